The predicted octanol–water partition coefficient (Wildman–Crippen LogP) is 3.49. The van der Waals surface area contributed by atoms with Gasteiger partial charge in [0, 0.05) is 12.7 Å². The van der Waals surface area contributed by atoms with Gasteiger partial charge < -0.3 is 10.5 Å². The Labute approximate surface area is 112 Å². The number of benzene rings is 1. The topological polar surface area (TPSA) is 48.1 Å². The number of ether oxygens (including phenoxy) is 1. The minimum absolute atomic E-state index is 0.580. The number of nitrogen functional groups attached to an aromatic ring is 1. The minimum Gasteiger partial charge on any atom is -0.389 e. The summed E-state index contributed by atoms with van der Waals surface area (Å²) in [5.41, 5.74) is 9.19. The van der Waals surface area contributed by atoms with Crippen molar-refractivity contribution in [1.29, 1.82) is 0 Å². The molecule has 0 aliphatic heterocycles. The summed E-state index contributed by atoms with van der Waals surface area (Å²) in [6.45, 7) is 2.73. The number of aryl methyl sites for hydroxylation is 1. The summed E-state index contributed by atoms with van der Waals surface area (Å²) in [6.07, 6.45) is 2.08. The number of hydrogen-bond acceptors (Lipinski definition) is 4. The lowest BCUT2D eigenvalue weighted by atomic mass is 10.1. The van der Waals surface area contributed by atoms with E-state index in [9.17, 15) is 0 Å². The van der Waals surface area contributed by atoms with Crippen molar-refractivity contribution in [3.05, 3.63) is 34.8 Å². The molecule has 1 aromatic carbocycles. The van der Waals surface area contributed by atoms with Crippen LogP contribution in [0.5, 0.6) is 0 Å². The van der Waals surface area contributed by atoms with E-state index in [-0.39, 0.29) is 0 Å². The molecule has 0 unspecified atom stereocenters. The van der Waals surface area contributed by atoms with E-state index in [0.29, 0.717) is 6.61 Å². The maximum absolute atomic E-state index is 6.08. The number of rotatable bonds is 5. The molecule has 0 bridgehead atoms. The van der Waals surface area contributed by atoms with Crippen LogP contribution in [0.25, 0.3) is 11.3 Å². The molecule has 0 aliphatic carbocycles. The molecule has 96 valence electrons. The van der Waals surface area contributed by atoms with Crippen LogP contribution in [0.2, 0.25) is 0 Å². The highest BCUT2D eigenvalue weighted by Crippen LogP contribution is 2.33. The molecule has 1 heterocycles. The molecular formula is C14H18N2OS. The lowest BCUT2D eigenvalue weighted by molar-refractivity contribution is 0.185. The fourth-order valence-electron chi connectivity index (χ4n) is 1.92. The molecule has 0 aliphatic rings. The van der Waals surface area contributed by atoms with Crippen molar-refractivity contribution >= 4 is 16.3 Å². The second-order valence-corrected chi connectivity index (χ2v) is 5.28. The van der Waals surface area contributed by atoms with Gasteiger partial charge in [-0.15, -0.1) is 11.3 Å². The van der Waals surface area contributed by atoms with Gasteiger partial charge in [0.15, 0.2) is 0 Å². The Morgan fingerprint density at radius 2 is 2.11 bits per heavy atom. The third kappa shape index (κ3) is 2.71. The van der Waals surface area contributed by atoms with Crippen LogP contribution >= 0.6 is 11.3 Å². The van der Waals surface area contributed by atoms with Gasteiger partial charge in [0.05, 0.1) is 11.6 Å². The number of methoxy groups -OCH3 is 1. The molecule has 0 saturated carbocycles. The molecule has 0 saturated heterocycles. The third-order valence-corrected chi connectivity index (χ3v) is 3.68. The monoisotopic (exact) mass is 262 g/mol. The number of thiazole rings is 1. The molecule has 0 spiro atoms. The highest BCUT2D eigenvalue weighted by atomic mass is 32.1. The summed E-state index contributed by atoms with van der Waals surface area (Å²) in [5, 5.41) is 1.90. The number of aromatic nitrogens is 1. The quantitative estimate of drug-likeness (QED) is 0.897. The normalized spacial score (nSPS) is 10.8. The lowest BCUT2D eigenvalue weighted by Gasteiger charge is -2.06. The molecule has 2 aromatic rings. The van der Waals surface area contributed by atoms with E-state index in [1.165, 1.54) is 0 Å². The van der Waals surface area contributed by atoms with Gasteiger partial charge in [0.1, 0.15) is 10.7 Å². The van der Waals surface area contributed by atoms with E-state index in [2.05, 4.69) is 24.0 Å². The first kappa shape index (κ1) is 13.1. The smallest absolute Gasteiger partial charge is 0.114 e. The SMILES string of the molecule is CCCc1nc(-c2ccccc2COC)c(N)s1. The Morgan fingerprint density at radius 1 is 1.33 bits per heavy atom. The van der Waals surface area contributed by atoms with Crippen molar-refractivity contribution in [1.82, 2.24) is 4.98 Å². The van der Waals surface area contributed by atoms with Crippen LogP contribution in [0, 0.1) is 0 Å². The Balaban J connectivity index is 2.41. The Morgan fingerprint density at radius 3 is 2.83 bits per heavy atom. The van der Waals surface area contributed by atoms with Gasteiger partial charge in [-0.25, -0.2) is 4.98 Å². The zero-order valence-electron chi connectivity index (χ0n) is 10.8. The Hall–Kier alpha value is -1.39. The highest BCUT2D eigenvalue weighted by molar-refractivity contribution is 7.16. The molecule has 0 fully saturated rings. The summed E-state index contributed by atoms with van der Waals surface area (Å²) in [6, 6.07) is 8.12. The first-order valence-electron chi connectivity index (χ1n) is 6.08. The number of anilines is 1. The number of hydrogen-bond donors (Lipinski definition) is 1. The zero-order chi connectivity index (χ0) is 13.0. The van der Waals surface area contributed by atoms with Crippen molar-refractivity contribution < 1.29 is 4.74 Å². The van der Waals surface area contributed by atoms with Gasteiger partial charge in [0.25, 0.3) is 0 Å². The van der Waals surface area contributed by atoms with Crippen molar-refractivity contribution in [3.63, 3.8) is 0 Å². The van der Waals surface area contributed by atoms with Crippen LogP contribution < -0.4 is 5.73 Å². The van der Waals surface area contributed by atoms with Gasteiger partial charge in [-0.3, -0.25) is 0 Å². The van der Waals surface area contributed by atoms with Crippen molar-refractivity contribution in [2.24, 2.45) is 0 Å². The van der Waals surface area contributed by atoms with Crippen LogP contribution in [-0.2, 0) is 17.8 Å². The molecular weight excluding hydrogens is 244 g/mol. The minimum atomic E-state index is 0.580. The average Bonchev–Trinajstić information content (AvgIpc) is 2.72. The molecule has 4 heteroatoms. The van der Waals surface area contributed by atoms with E-state index < -0.39 is 0 Å². The summed E-state index contributed by atoms with van der Waals surface area (Å²) in [4.78, 5) is 4.65. The van der Waals surface area contributed by atoms with E-state index >= 15 is 0 Å². The second kappa shape index (κ2) is 5.98. The Kier molecular flexibility index (Phi) is 4.33. The molecule has 0 radical (unpaired) electrons. The van der Waals surface area contributed by atoms with E-state index in [1.807, 2.05) is 12.1 Å². The van der Waals surface area contributed by atoms with Crippen LogP contribution in [0.15, 0.2) is 24.3 Å². The van der Waals surface area contributed by atoms with Crippen LogP contribution in [-0.4, -0.2) is 12.1 Å². The Bertz CT molecular complexity index is 522. The number of nitrogens with zero attached hydrogens (tertiary/aromatic N) is 1. The van der Waals surface area contributed by atoms with Crippen LogP contribution in [0.4, 0.5) is 5.00 Å². The van der Waals surface area contributed by atoms with E-state index in [0.717, 1.165) is 39.7 Å². The first-order valence-corrected chi connectivity index (χ1v) is 6.90. The fourth-order valence-corrected chi connectivity index (χ4v) is 2.87. The standard InChI is InChI=1S/C14H18N2OS/c1-3-6-12-16-13(14(15)18-12)11-8-5-4-7-10(11)9-17-2/h4-5,7-8H,3,6,9,15H2,1-2H3. The van der Waals surface area contributed by atoms with Crippen LogP contribution in [0.3, 0.4) is 0 Å². The van der Waals surface area contributed by atoms with Gasteiger partial charge >= 0.3 is 0 Å². The number of nitrogens with two attached hydrogens (primary N) is 1. The molecule has 0 atom stereocenters. The second-order valence-electron chi connectivity index (χ2n) is 4.16. The van der Waals surface area contributed by atoms with Crippen molar-refractivity contribution in [3.8, 4) is 11.3 Å². The summed E-state index contributed by atoms with van der Waals surface area (Å²) in [7, 11) is 1.70. The molecule has 18 heavy (non-hydrogen) atoms. The zero-order valence-corrected chi connectivity index (χ0v) is 11.6. The summed E-state index contributed by atoms with van der Waals surface area (Å²) < 4.78 is 5.22. The maximum Gasteiger partial charge on any atom is 0.114 e. The third-order valence-electron chi connectivity index (χ3n) is 2.73. The van der Waals surface area contributed by atoms with Gasteiger partial charge in [-0.05, 0) is 18.4 Å². The molecule has 2 N–H and O–H groups in total. The molecule has 2 rings (SSSR count). The van der Waals surface area contributed by atoms with Gasteiger partial charge in [-0.1, -0.05) is 31.2 Å². The molecule has 1 aromatic heterocycles. The highest BCUT2D eigenvalue weighted by Gasteiger charge is 2.13. The largest absolute Gasteiger partial charge is 0.389 e. The van der Waals surface area contributed by atoms with Gasteiger partial charge in [-0.2, -0.15) is 0 Å². The van der Waals surface area contributed by atoms with Gasteiger partial charge in [0.2, 0.25) is 0 Å². The predicted molar refractivity (Wildman–Crippen MR) is 76.7 cm³/mol. The molecule has 3 nitrogen and oxygen atoms in total. The summed E-state index contributed by atoms with van der Waals surface area (Å²) >= 11 is 1.59. The molecule has 0 amide bonds. The van der Waals surface area contributed by atoms with Crippen molar-refractivity contribution in [2.75, 3.05) is 12.8 Å². The summed E-state index contributed by atoms with van der Waals surface area (Å²) in [5.74, 6) is 0. The maximum atomic E-state index is 6.08. The van der Waals surface area contributed by atoms with E-state index in [1.54, 1.807) is 18.4 Å². The van der Waals surface area contributed by atoms with Crippen molar-refractivity contribution in [2.45, 2.75) is 26.4 Å². The fraction of sp³-hybridized carbons (Fsp3) is 0.357. The van der Waals surface area contributed by atoms with E-state index in [4.69, 9.17) is 10.5 Å². The van der Waals surface area contributed by atoms with Crippen LogP contribution in [0.1, 0.15) is 23.9 Å². The average molecular weight is 262 g/mol. The first-order chi connectivity index (χ1) is 8.76. The lowest BCUT2D eigenvalue weighted by Crippen LogP contribution is -1.94.